The third-order valence-electron chi connectivity index (χ3n) is 4.05. The van der Waals surface area contributed by atoms with E-state index in [4.69, 9.17) is 4.74 Å². The number of hydrogen-bond donors (Lipinski definition) is 1. The molecule has 0 saturated carbocycles. The maximum atomic E-state index is 12.3. The number of β-amino-alcohol motifs (C(OH)–C–C–N with tert-alkyl or cyclic N) is 1. The molecule has 1 unspecified atom stereocenters. The van der Waals surface area contributed by atoms with E-state index in [-0.39, 0.29) is 6.54 Å². The summed E-state index contributed by atoms with van der Waals surface area (Å²) in [6.45, 7) is 6.07. The van der Waals surface area contributed by atoms with Crippen molar-refractivity contribution in [3.8, 4) is 10.6 Å². The normalized spacial score (nSPS) is 17.0. The summed E-state index contributed by atoms with van der Waals surface area (Å²) >= 11 is 1.48. The molecule has 0 spiro atoms. The number of ether oxygens (including phenoxy) is 1. The topological polar surface area (TPSA) is 65.9 Å². The Kier molecular flexibility index (Phi) is 4.94. The molecule has 2 aromatic rings. The summed E-state index contributed by atoms with van der Waals surface area (Å²) in [5.41, 5.74) is 2.30. The van der Waals surface area contributed by atoms with Gasteiger partial charge in [-0.05, 0) is 45.0 Å². The summed E-state index contributed by atoms with van der Waals surface area (Å²) in [6.07, 6.45) is -1.16. The van der Waals surface area contributed by atoms with Gasteiger partial charge in [0.05, 0.1) is 23.7 Å². The average molecular weight is 375 g/mol. The largest absolute Gasteiger partial charge is 0.444 e. The molecular weight excluding hydrogens is 350 g/mol. The second-order valence-corrected chi connectivity index (χ2v) is 8.68. The molecule has 6 nitrogen and oxygen atoms in total. The standard InChI is InChI=1S/C19H25N3O3S/c1-19(2,3)25-18(24)22-10-14-16(15(23)11-22)26-17(20-14)12-6-8-13(9-7-12)21(4)5/h6-9,15,23H,10-11H2,1-5H3. The Hall–Kier alpha value is -2.12. The molecule has 0 bridgehead atoms. The van der Waals surface area contributed by atoms with E-state index in [1.165, 1.54) is 16.2 Å². The van der Waals surface area contributed by atoms with Crippen molar-refractivity contribution in [2.24, 2.45) is 0 Å². The van der Waals surface area contributed by atoms with Gasteiger partial charge in [0.1, 0.15) is 16.7 Å². The zero-order valence-electron chi connectivity index (χ0n) is 15.8. The summed E-state index contributed by atoms with van der Waals surface area (Å²) in [6, 6.07) is 8.13. The van der Waals surface area contributed by atoms with Gasteiger partial charge in [-0.1, -0.05) is 0 Å². The van der Waals surface area contributed by atoms with Crippen LogP contribution in [0.4, 0.5) is 10.5 Å². The zero-order valence-corrected chi connectivity index (χ0v) is 16.6. The lowest BCUT2D eigenvalue weighted by Gasteiger charge is -2.31. The van der Waals surface area contributed by atoms with E-state index in [0.717, 1.165) is 26.8 Å². The minimum atomic E-state index is -0.737. The maximum Gasteiger partial charge on any atom is 0.410 e. The van der Waals surface area contributed by atoms with Crippen LogP contribution in [0.5, 0.6) is 0 Å². The number of aliphatic hydroxyl groups excluding tert-OH is 1. The van der Waals surface area contributed by atoms with E-state index in [0.29, 0.717) is 6.54 Å². The molecular formula is C19H25N3O3S. The van der Waals surface area contributed by atoms with Crippen molar-refractivity contribution in [3.05, 3.63) is 34.8 Å². The Balaban J connectivity index is 1.82. The van der Waals surface area contributed by atoms with E-state index in [1.807, 2.05) is 64.0 Å². The number of nitrogens with zero attached hydrogens (tertiary/aromatic N) is 3. The predicted molar refractivity (Wildman–Crippen MR) is 103 cm³/mol. The van der Waals surface area contributed by atoms with Crippen LogP contribution in [0.2, 0.25) is 0 Å². The van der Waals surface area contributed by atoms with Crippen LogP contribution in [0.25, 0.3) is 10.6 Å². The number of aliphatic hydroxyl groups is 1. The van der Waals surface area contributed by atoms with Crippen molar-refractivity contribution in [2.75, 3.05) is 25.5 Å². The van der Waals surface area contributed by atoms with Gasteiger partial charge in [0.25, 0.3) is 0 Å². The lowest BCUT2D eigenvalue weighted by atomic mass is 10.1. The second kappa shape index (κ2) is 6.89. The van der Waals surface area contributed by atoms with Gasteiger partial charge in [-0.2, -0.15) is 0 Å². The van der Waals surface area contributed by atoms with Gasteiger partial charge >= 0.3 is 6.09 Å². The first-order chi connectivity index (χ1) is 12.1. The van der Waals surface area contributed by atoms with E-state index < -0.39 is 17.8 Å². The molecule has 1 aromatic heterocycles. The molecule has 0 saturated heterocycles. The fraction of sp³-hybridized carbons (Fsp3) is 0.474. The Labute approximate surface area is 158 Å². The minimum Gasteiger partial charge on any atom is -0.444 e. The zero-order chi connectivity index (χ0) is 19.1. The van der Waals surface area contributed by atoms with Crippen molar-refractivity contribution in [2.45, 2.75) is 39.0 Å². The molecule has 3 rings (SSSR count). The van der Waals surface area contributed by atoms with Crippen molar-refractivity contribution >= 4 is 23.1 Å². The fourth-order valence-electron chi connectivity index (χ4n) is 2.77. The van der Waals surface area contributed by atoms with E-state index in [2.05, 4.69) is 4.98 Å². The van der Waals surface area contributed by atoms with Crippen LogP contribution in [-0.4, -0.2) is 47.3 Å². The smallest absolute Gasteiger partial charge is 0.410 e. The first-order valence-electron chi connectivity index (χ1n) is 8.57. The first-order valence-corrected chi connectivity index (χ1v) is 9.39. The SMILES string of the molecule is CN(C)c1ccc(-c2nc3c(s2)C(O)CN(C(=O)OC(C)(C)C)C3)cc1. The van der Waals surface area contributed by atoms with Crippen LogP contribution < -0.4 is 4.90 Å². The third kappa shape index (κ3) is 3.99. The first kappa shape index (κ1) is 18.7. The molecule has 0 radical (unpaired) electrons. The van der Waals surface area contributed by atoms with E-state index in [9.17, 15) is 9.90 Å². The Morgan fingerprint density at radius 3 is 2.54 bits per heavy atom. The van der Waals surface area contributed by atoms with Crippen LogP contribution in [0.1, 0.15) is 37.4 Å². The van der Waals surface area contributed by atoms with Crippen molar-refractivity contribution < 1.29 is 14.6 Å². The summed E-state index contributed by atoms with van der Waals surface area (Å²) < 4.78 is 5.41. The number of carbonyl (C=O) groups is 1. The molecule has 2 heterocycles. The minimum absolute atomic E-state index is 0.225. The number of anilines is 1. The Morgan fingerprint density at radius 1 is 1.31 bits per heavy atom. The van der Waals surface area contributed by atoms with Gasteiger partial charge in [0, 0.05) is 25.3 Å². The van der Waals surface area contributed by atoms with Crippen LogP contribution in [0.15, 0.2) is 24.3 Å². The fourth-order valence-corrected chi connectivity index (χ4v) is 3.82. The molecule has 1 aromatic carbocycles. The van der Waals surface area contributed by atoms with Gasteiger partial charge in [-0.25, -0.2) is 9.78 Å². The number of thiazole rings is 1. The van der Waals surface area contributed by atoms with Gasteiger partial charge < -0.3 is 14.7 Å². The molecule has 1 atom stereocenters. The maximum absolute atomic E-state index is 12.3. The van der Waals surface area contributed by atoms with Crippen LogP contribution in [0, 0.1) is 0 Å². The van der Waals surface area contributed by atoms with Crippen molar-refractivity contribution in [1.29, 1.82) is 0 Å². The molecule has 0 fully saturated rings. The molecule has 140 valence electrons. The quantitative estimate of drug-likeness (QED) is 0.868. The van der Waals surface area contributed by atoms with E-state index >= 15 is 0 Å². The highest BCUT2D eigenvalue weighted by atomic mass is 32.1. The van der Waals surface area contributed by atoms with Crippen molar-refractivity contribution in [3.63, 3.8) is 0 Å². The summed E-state index contributed by atoms with van der Waals surface area (Å²) in [5, 5.41) is 11.3. The lowest BCUT2D eigenvalue weighted by Crippen LogP contribution is -2.41. The molecule has 26 heavy (non-hydrogen) atoms. The molecule has 1 aliphatic heterocycles. The van der Waals surface area contributed by atoms with Gasteiger partial charge in [-0.3, -0.25) is 4.90 Å². The van der Waals surface area contributed by atoms with Crippen molar-refractivity contribution in [1.82, 2.24) is 9.88 Å². The van der Waals surface area contributed by atoms with Crippen LogP contribution >= 0.6 is 11.3 Å². The number of carbonyl (C=O) groups excluding carboxylic acids is 1. The number of aromatic nitrogens is 1. The van der Waals surface area contributed by atoms with Crippen LogP contribution in [-0.2, 0) is 11.3 Å². The molecule has 7 heteroatoms. The monoisotopic (exact) mass is 375 g/mol. The Bertz CT molecular complexity index is 793. The highest BCUT2D eigenvalue weighted by molar-refractivity contribution is 7.15. The summed E-state index contributed by atoms with van der Waals surface area (Å²) in [4.78, 5) is 21.4. The van der Waals surface area contributed by atoms with Gasteiger partial charge in [0.15, 0.2) is 0 Å². The highest BCUT2D eigenvalue weighted by Crippen LogP contribution is 2.36. The highest BCUT2D eigenvalue weighted by Gasteiger charge is 2.32. The number of hydrogen-bond acceptors (Lipinski definition) is 6. The molecule has 1 N–H and O–H groups in total. The number of rotatable bonds is 2. The molecule has 1 amide bonds. The summed E-state index contributed by atoms with van der Waals surface area (Å²) in [5.74, 6) is 0. The molecule has 0 aliphatic carbocycles. The average Bonchev–Trinajstić information content (AvgIpc) is 2.98. The number of amides is 1. The van der Waals surface area contributed by atoms with E-state index in [1.54, 1.807) is 0 Å². The molecule has 1 aliphatic rings. The Morgan fingerprint density at radius 2 is 1.96 bits per heavy atom. The van der Waals surface area contributed by atoms with Gasteiger partial charge in [0.2, 0.25) is 0 Å². The second-order valence-electron chi connectivity index (χ2n) is 7.65. The van der Waals surface area contributed by atoms with Crippen LogP contribution in [0.3, 0.4) is 0 Å². The van der Waals surface area contributed by atoms with Gasteiger partial charge in [-0.15, -0.1) is 11.3 Å². The summed E-state index contributed by atoms with van der Waals surface area (Å²) in [7, 11) is 4.00. The number of fused-ring (bicyclic) bond motifs is 1. The lowest BCUT2D eigenvalue weighted by molar-refractivity contribution is 0.00845. The third-order valence-corrected chi connectivity index (χ3v) is 5.29. The number of benzene rings is 1. The predicted octanol–water partition coefficient (Wildman–Crippen LogP) is 3.66.